The standard InChI is InChI=1S/C10H12Cl2N2O2S/c1-17-4-2-3-13-9-5-7(11)8(12)6-10(9)14(15)16/h5-6,13H,2-4H2,1H3. The first kappa shape index (κ1) is 14.4. The Morgan fingerprint density at radius 1 is 1.41 bits per heavy atom. The molecule has 94 valence electrons. The topological polar surface area (TPSA) is 55.2 Å². The molecule has 7 heteroatoms. The molecule has 1 aromatic rings. The van der Waals surface area contributed by atoms with Gasteiger partial charge < -0.3 is 5.32 Å². The average Bonchev–Trinajstić information content (AvgIpc) is 2.28. The van der Waals surface area contributed by atoms with Gasteiger partial charge in [-0.3, -0.25) is 10.1 Å². The third-order valence-corrected chi connectivity index (χ3v) is 3.50. The molecule has 1 aromatic carbocycles. The van der Waals surface area contributed by atoms with E-state index in [1.54, 1.807) is 11.8 Å². The molecular formula is C10H12Cl2N2O2S. The number of nitrogens with one attached hydrogen (secondary N) is 1. The zero-order valence-electron chi connectivity index (χ0n) is 9.20. The maximum Gasteiger partial charge on any atom is 0.293 e. The highest BCUT2D eigenvalue weighted by atomic mass is 35.5. The first-order valence-electron chi connectivity index (χ1n) is 4.92. The van der Waals surface area contributed by atoms with Gasteiger partial charge in [0.05, 0.1) is 15.0 Å². The summed E-state index contributed by atoms with van der Waals surface area (Å²) in [6.07, 6.45) is 2.94. The van der Waals surface area contributed by atoms with E-state index < -0.39 is 4.92 Å². The Morgan fingerprint density at radius 2 is 2.06 bits per heavy atom. The highest BCUT2D eigenvalue weighted by Crippen LogP contribution is 2.33. The quantitative estimate of drug-likeness (QED) is 0.488. The highest BCUT2D eigenvalue weighted by molar-refractivity contribution is 7.98. The summed E-state index contributed by atoms with van der Waals surface area (Å²) in [6.45, 7) is 0.666. The molecule has 0 saturated heterocycles. The molecule has 0 saturated carbocycles. The summed E-state index contributed by atoms with van der Waals surface area (Å²) < 4.78 is 0. The summed E-state index contributed by atoms with van der Waals surface area (Å²) >= 11 is 13.3. The molecule has 1 N–H and O–H groups in total. The summed E-state index contributed by atoms with van der Waals surface area (Å²) in [5.41, 5.74) is 0.356. The molecule has 0 aliphatic rings. The molecule has 0 spiro atoms. The monoisotopic (exact) mass is 294 g/mol. The van der Waals surface area contributed by atoms with Crippen molar-refractivity contribution in [1.29, 1.82) is 0 Å². The van der Waals surface area contributed by atoms with Crippen LogP contribution in [0.25, 0.3) is 0 Å². The third-order valence-electron chi connectivity index (χ3n) is 2.08. The van der Waals surface area contributed by atoms with Gasteiger partial charge >= 0.3 is 0 Å². The van der Waals surface area contributed by atoms with Gasteiger partial charge in [0.2, 0.25) is 0 Å². The van der Waals surface area contributed by atoms with E-state index in [-0.39, 0.29) is 10.7 Å². The number of anilines is 1. The van der Waals surface area contributed by atoms with Crippen molar-refractivity contribution in [3.05, 3.63) is 32.3 Å². The Hall–Kier alpha value is -0.650. The molecule has 0 heterocycles. The van der Waals surface area contributed by atoms with E-state index in [1.165, 1.54) is 12.1 Å². The number of halogens is 2. The normalized spacial score (nSPS) is 10.3. The van der Waals surface area contributed by atoms with Crippen LogP contribution < -0.4 is 5.32 Å². The SMILES string of the molecule is CSCCCNc1cc(Cl)c(Cl)cc1[N+](=O)[O-]. The fraction of sp³-hybridized carbons (Fsp3) is 0.400. The lowest BCUT2D eigenvalue weighted by Crippen LogP contribution is -2.05. The summed E-state index contributed by atoms with van der Waals surface area (Å²) in [5.74, 6) is 1.00. The lowest BCUT2D eigenvalue weighted by atomic mass is 10.2. The largest absolute Gasteiger partial charge is 0.379 e. The summed E-state index contributed by atoms with van der Waals surface area (Å²) in [7, 11) is 0. The van der Waals surface area contributed by atoms with Gasteiger partial charge in [-0.2, -0.15) is 11.8 Å². The summed E-state index contributed by atoms with van der Waals surface area (Å²) in [5, 5.41) is 14.3. The molecule has 0 aliphatic heterocycles. The molecule has 0 fully saturated rings. The average molecular weight is 295 g/mol. The fourth-order valence-electron chi connectivity index (χ4n) is 1.27. The Bertz CT molecular complexity index is 416. The lowest BCUT2D eigenvalue weighted by Gasteiger charge is -2.07. The van der Waals surface area contributed by atoms with Crippen molar-refractivity contribution in [2.45, 2.75) is 6.42 Å². The van der Waals surface area contributed by atoms with Crippen molar-refractivity contribution in [1.82, 2.24) is 0 Å². The zero-order chi connectivity index (χ0) is 12.8. The van der Waals surface area contributed by atoms with Crippen molar-refractivity contribution in [3.63, 3.8) is 0 Å². The van der Waals surface area contributed by atoms with E-state index in [9.17, 15) is 10.1 Å². The van der Waals surface area contributed by atoms with Gasteiger partial charge in [0.15, 0.2) is 0 Å². The summed E-state index contributed by atoms with van der Waals surface area (Å²) in [6, 6.07) is 2.75. The van der Waals surface area contributed by atoms with Crippen LogP contribution in [0.1, 0.15) is 6.42 Å². The van der Waals surface area contributed by atoms with E-state index in [4.69, 9.17) is 23.2 Å². The fourth-order valence-corrected chi connectivity index (χ4v) is 2.02. The maximum absolute atomic E-state index is 10.8. The van der Waals surface area contributed by atoms with E-state index in [0.29, 0.717) is 17.3 Å². The highest BCUT2D eigenvalue weighted by Gasteiger charge is 2.16. The minimum absolute atomic E-state index is 0.0523. The van der Waals surface area contributed by atoms with Crippen LogP contribution in [0.2, 0.25) is 10.0 Å². The Balaban J connectivity index is 2.81. The number of nitrogens with zero attached hydrogens (tertiary/aromatic N) is 1. The van der Waals surface area contributed by atoms with Gasteiger partial charge in [-0.15, -0.1) is 0 Å². The van der Waals surface area contributed by atoms with Crippen molar-refractivity contribution in [3.8, 4) is 0 Å². The van der Waals surface area contributed by atoms with Gasteiger partial charge in [0, 0.05) is 12.6 Å². The molecule has 0 bridgehead atoms. The van der Waals surface area contributed by atoms with Crippen LogP contribution in [0.4, 0.5) is 11.4 Å². The van der Waals surface area contributed by atoms with Crippen LogP contribution >= 0.6 is 35.0 Å². The van der Waals surface area contributed by atoms with Crippen LogP contribution in [0.15, 0.2) is 12.1 Å². The maximum atomic E-state index is 10.8. The Labute approximate surface area is 114 Å². The summed E-state index contributed by atoms with van der Waals surface area (Å²) in [4.78, 5) is 10.4. The third kappa shape index (κ3) is 4.26. The van der Waals surface area contributed by atoms with Crippen LogP contribution in [0.3, 0.4) is 0 Å². The van der Waals surface area contributed by atoms with Gasteiger partial charge in [-0.25, -0.2) is 0 Å². The van der Waals surface area contributed by atoms with Gasteiger partial charge in [-0.05, 0) is 24.5 Å². The Kier molecular flexibility index (Phi) is 5.88. The second-order valence-corrected chi connectivity index (χ2v) is 5.11. The predicted octanol–water partition coefficient (Wildman–Crippen LogP) is 4.07. The molecule has 17 heavy (non-hydrogen) atoms. The molecule has 0 atom stereocenters. The number of hydrogen-bond donors (Lipinski definition) is 1. The number of nitro groups is 1. The lowest BCUT2D eigenvalue weighted by molar-refractivity contribution is -0.383. The molecule has 0 aromatic heterocycles. The van der Waals surface area contributed by atoms with Crippen molar-refractivity contribution in [2.75, 3.05) is 23.9 Å². The van der Waals surface area contributed by atoms with Gasteiger partial charge in [-0.1, -0.05) is 23.2 Å². The van der Waals surface area contributed by atoms with Crippen LogP contribution in [0.5, 0.6) is 0 Å². The molecule has 0 amide bonds. The first-order chi connectivity index (χ1) is 8.06. The van der Waals surface area contributed by atoms with Crippen LogP contribution in [0, 0.1) is 10.1 Å². The van der Waals surface area contributed by atoms with Crippen molar-refractivity contribution in [2.24, 2.45) is 0 Å². The molecular weight excluding hydrogens is 283 g/mol. The van der Waals surface area contributed by atoms with E-state index in [1.807, 2.05) is 6.26 Å². The smallest absolute Gasteiger partial charge is 0.293 e. The van der Waals surface area contributed by atoms with Gasteiger partial charge in [0.25, 0.3) is 5.69 Å². The van der Waals surface area contributed by atoms with E-state index in [0.717, 1.165) is 12.2 Å². The number of rotatable bonds is 6. The minimum atomic E-state index is -0.473. The van der Waals surface area contributed by atoms with Gasteiger partial charge in [0.1, 0.15) is 5.69 Å². The minimum Gasteiger partial charge on any atom is -0.379 e. The number of nitro benzene ring substituents is 1. The van der Waals surface area contributed by atoms with E-state index in [2.05, 4.69) is 5.32 Å². The second kappa shape index (κ2) is 6.93. The number of hydrogen-bond acceptors (Lipinski definition) is 4. The first-order valence-corrected chi connectivity index (χ1v) is 7.07. The number of benzene rings is 1. The molecule has 1 rings (SSSR count). The van der Waals surface area contributed by atoms with Crippen molar-refractivity contribution < 1.29 is 4.92 Å². The predicted molar refractivity (Wildman–Crippen MR) is 74.6 cm³/mol. The molecule has 0 aliphatic carbocycles. The number of thioether (sulfide) groups is 1. The molecule has 4 nitrogen and oxygen atoms in total. The molecule has 0 unspecified atom stereocenters. The Morgan fingerprint density at radius 3 is 2.65 bits per heavy atom. The van der Waals surface area contributed by atoms with E-state index >= 15 is 0 Å². The zero-order valence-corrected chi connectivity index (χ0v) is 11.5. The van der Waals surface area contributed by atoms with Crippen LogP contribution in [-0.4, -0.2) is 23.5 Å². The van der Waals surface area contributed by atoms with Crippen molar-refractivity contribution >= 4 is 46.3 Å². The van der Waals surface area contributed by atoms with Crippen LogP contribution in [-0.2, 0) is 0 Å². The second-order valence-electron chi connectivity index (χ2n) is 3.31. The molecule has 0 radical (unpaired) electrons.